The van der Waals surface area contributed by atoms with Gasteiger partial charge in [-0.25, -0.2) is 4.98 Å². The van der Waals surface area contributed by atoms with Gasteiger partial charge in [-0.2, -0.15) is 0 Å². The average molecular weight is 326 g/mol. The molecule has 2 amide bonds. The van der Waals surface area contributed by atoms with Crippen molar-refractivity contribution in [2.24, 2.45) is 0 Å². The van der Waals surface area contributed by atoms with Crippen LogP contribution in [0.3, 0.4) is 0 Å². The Labute approximate surface area is 133 Å². The van der Waals surface area contributed by atoms with Crippen LogP contribution in [-0.2, 0) is 16.0 Å². The number of aromatic amines is 1. The maximum absolute atomic E-state index is 11.7. The van der Waals surface area contributed by atoms with Gasteiger partial charge in [0.25, 0.3) is 5.56 Å². The predicted molar refractivity (Wildman–Crippen MR) is 85.9 cm³/mol. The first-order valence-corrected chi connectivity index (χ1v) is 8.30. The molecule has 1 rings (SSSR count). The Morgan fingerprint density at radius 2 is 2.00 bits per heavy atom. The number of carbonyl (C=O) groups is 2. The summed E-state index contributed by atoms with van der Waals surface area (Å²) >= 11 is 1.14. The third kappa shape index (κ3) is 7.26. The van der Waals surface area contributed by atoms with Crippen LogP contribution in [0.1, 0.15) is 32.4 Å². The van der Waals surface area contributed by atoms with E-state index in [1.807, 2.05) is 13.8 Å². The van der Waals surface area contributed by atoms with Crippen LogP contribution in [0, 0.1) is 0 Å². The lowest BCUT2D eigenvalue weighted by Gasteiger charge is -2.06. The van der Waals surface area contributed by atoms with Gasteiger partial charge in [-0.1, -0.05) is 32.0 Å². The van der Waals surface area contributed by atoms with Gasteiger partial charge in [-0.15, -0.1) is 0 Å². The van der Waals surface area contributed by atoms with Crippen molar-refractivity contribution < 1.29 is 9.59 Å². The maximum Gasteiger partial charge on any atom is 0.251 e. The number of nitrogens with zero attached hydrogens (tertiary/aromatic N) is 1. The molecule has 0 saturated heterocycles. The highest BCUT2D eigenvalue weighted by molar-refractivity contribution is 7.99. The van der Waals surface area contributed by atoms with Crippen molar-refractivity contribution in [2.45, 2.75) is 38.3 Å². The number of rotatable bonds is 9. The number of aromatic nitrogens is 2. The minimum Gasteiger partial charge on any atom is -0.355 e. The van der Waals surface area contributed by atoms with Crippen molar-refractivity contribution in [3.63, 3.8) is 0 Å². The fourth-order valence-corrected chi connectivity index (χ4v) is 2.35. The number of thioether (sulfide) groups is 1. The lowest BCUT2D eigenvalue weighted by Crippen LogP contribution is -2.37. The molecule has 0 atom stereocenters. The summed E-state index contributed by atoms with van der Waals surface area (Å²) < 4.78 is 0. The van der Waals surface area contributed by atoms with Crippen LogP contribution in [0.5, 0.6) is 0 Å². The quantitative estimate of drug-likeness (QED) is 0.452. The standard InChI is InChI=1S/C14H22N4O3S/c1-3-5-10-7-11(19)18-14(17-10)22-9-13(21)16-8-12(20)15-6-4-2/h7H,3-6,8-9H2,1-2H3,(H,15,20)(H,16,21)(H,17,18,19). The highest BCUT2D eigenvalue weighted by atomic mass is 32.2. The molecule has 0 aliphatic carbocycles. The smallest absolute Gasteiger partial charge is 0.251 e. The summed E-state index contributed by atoms with van der Waals surface area (Å²) in [6.45, 7) is 4.51. The molecule has 0 bridgehead atoms. The molecule has 0 aliphatic heterocycles. The van der Waals surface area contributed by atoms with E-state index in [2.05, 4.69) is 20.6 Å². The second-order valence-corrected chi connectivity index (χ2v) is 5.67. The van der Waals surface area contributed by atoms with Gasteiger partial charge in [-0.05, 0) is 12.8 Å². The number of aryl methyl sites for hydroxylation is 1. The molecule has 1 heterocycles. The summed E-state index contributed by atoms with van der Waals surface area (Å²) in [5, 5.41) is 5.61. The molecule has 122 valence electrons. The van der Waals surface area contributed by atoms with Gasteiger partial charge < -0.3 is 15.6 Å². The first-order chi connectivity index (χ1) is 10.5. The number of amides is 2. The number of hydrogen-bond donors (Lipinski definition) is 3. The zero-order valence-corrected chi connectivity index (χ0v) is 13.7. The number of nitrogens with one attached hydrogen (secondary N) is 3. The van der Waals surface area contributed by atoms with Gasteiger partial charge in [0.05, 0.1) is 12.3 Å². The summed E-state index contributed by atoms with van der Waals surface area (Å²) in [6, 6.07) is 1.46. The third-order valence-corrected chi connectivity index (χ3v) is 3.51. The van der Waals surface area contributed by atoms with Crippen LogP contribution in [-0.4, -0.2) is 40.6 Å². The fourth-order valence-electron chi connectivity index (χ4n) is 1.63. The highest BCUT2D eigenvalue weighted by Gasteiger charge is 2.08. The minimum atomic E-state index is -0.278. The lowest BCUT2D eigenvalue weighted by atomic mass is 10.2. The van der Waals surface area contributed by atoms with Crippen LogP contribution in [0.2, 0.25) is 0 Å². The molecule has 1 aromatic rings. The minimum absolute atomic E-state index is 0.0424. The maximum atomic E-state index is 11.7. The largest absolute Gasteiger partial charge is 0.355 e. The summed E-state index contributed by atoms with van der Waals surface area (Å²) in [4.78, 5) is 41.4. The molecule has 0 aliphatic rings. The number of H-pyrrole nitrogens is 1. The van der Waals surface area contributed by atoms with Gasteiger partial charge >= 0.3 is 0 Å². The van der Waals surface area contributed by atoms with E-state index in [1.54, 1.807) is 0 Å². The second-order valence-electron chi connectivity index (χ2n) is 4.71. The molecule has 0 radical (unpaired) electrons. The fraction of sp³-hybridized carbons (Fsp3) is 0.571. The Balaban J connectivity index is 2.40. The molecule has 3 N–H and O–H groups in total. The van der Waals surface area contributed by atoms with E-state index in [-0.39, 0.29) is 29.7 Å². The Morgan fingerprint density at radius 3 is 2.68 bits per heavy atom. The van der Waals surface area contributed by atoms with Gasteiger partial charge in [0.2, 0.25) is 11.8 Å². The Morgan fingerprint density at radius 1 is 1.23 bits per heavy atom. The summed E-state index contributed by atoms with van der Waals surface area (Å²) in [7, 11) is 0. The molecule has 22 heavy (non-hydrogen) atoms. The topological polar surface area (TPSA) is 104 Å². The summed E-state index contributed by atoms with van der Waals surface area (Å²) in [6.07, 6.45) is 2.47. The van der Waals surface area contributed by atoms with Gasteiger partial charge in [0.1, 0.15) is 0 Å². The van der Waals surface area contributed by atoms with E-state index < -0.39 is 0 Å². The van der Waals surface area contributed by atoms with Crippen LogP contribution in [0.15, 0.2) is 16.0 Å². The van der Waals surface area contributed by atoms with Crippen molar-refractivity contribution in [2.75, 3.05) is 18.8 Å². The molecule has 7 nitrogen and oxygen atoms in total. The molecule has 8 heteroatoms. The van der Waals surface area contributed by atoms with Crippen LogP contribution in [0.25, 0.3) is 0 Å². The van der Waals surface area contributed by atoms with Crippen molar-refractivity contribution in [1.82, 2.24) is 20.6 Å². The summed E-state index contributed by atoms with van der Waals surface area (Å²) in [5.41, 5.74) is 0.494. The molecule has 0 saturated carbocycles. The zero-order valence-electron chi connectivity index (χ0n) is 12.9. The van der Waals surface area contributed by atoms with Crippen molar-refractivity contribution in [3.8, 4) is 0 Å². The first-order valence-electron chi connectivity index (χ1n) is 7.31. The van der Waals surface area contributed by atoms with E-state index >= 15 is 0 Å². The van der Waals surface area contributed by atoms with Gasteiger partial charge in [0, 0.05) is 18.3 Å². The Hall–Kier alpha value is -1.83. The number of carbonyl (C=O) groups excluding carboxylic acids is 2. The number of hydrogen-bond acceptors (Lipinski definition) is 5. The first kappa shape index (κ1) is 18.2. The van der Waals surface area contributed by atoms with Gasteiger partial charge in [0.15, 0.2) is 5.16 Å². The Kier molecular flexibility index (Phi) is 8.27. The molecule has 0 unspecified atom stereocenters. The van der Waals surface area contributed by atoms with Crippen LogP contribution in [0.4, 0.5) is 0 Å². The molecule has 0 fully saturated rings. The third-order valence-electron chi connectivity index (χ3n) is 2.64. The monoisotopic (exact) mass is 326 g/mol. The predicted octanol–water partition coefficient (Wildman–Crippen LogP) is 0.457. The second kappa shape index (κ2) is 9.99. The van der Waals surface area contributed by atoms with Crippen molar-refractivity contribution >= 4 is 23.6 Å². The molecule has 0 spiro atoms. The highest BCUT2D eigenvalue weighted by Crippen LogP contribution is 2.11. The van der Waals surface area contributed by atoms with E-state index in [0.29, 0.717) is 17.4 Å². The van der Waals surface area contributed by atoms with Crippen molar-refractivity contribution in [3.05, 3.63) is 22.1 Å². The van der Waals surface area contributed by atoms with E-state index in [0.717, 1.165) is 31.0 Å². The summed E-state index contributed by atoms with van der Waals surface area (Å²) in [5.74, 6) is -0.392. The Bertz CT molecular complexity index is 559. The van der Waals surface area contributed by atoms with E-state index in [4.69, 9.17) is 0 Å². The van der Waals surface area contributed by atoms with E-state index in [9.17, 15) is 14.4 Å². The van der Waals surface area contributed by atoms with Crippen LogP contribution >= 0.6 is 11.8 Å². The van der Waals surface area contributed by atoms with E-state index in [1.165, 1.54) is 6.07 Å². The van der Waals surface area contributed by atoms with Gasteiger partial charge in [-0.3, -0.25) is 14.4 Å². The molecular formula is C14H22N4O3S. The van der Waals surface area contributed by atoms with Crippen LogP contribution < -0.4 is 16.2 Å². The zero-order chi connectivity index (χ0) is 16.4. The normalized spacial score (nSPS) is 10.3. The average Bonchev–Trinajstić information content (AvgIpc) is 2.48. The molecular weight excluding hydrogens is 304 g/mol. The molecule has 0 aromatic carbocycles. The lowest BCUT2D eigenvalue weighted by molar-refractivity contribution is -0.124. The van der Waals surface area contributed by atoms with Crippen molar-refractivity contribution in [1.29, 1.82) is 0 Å². The molecule has 1 aromatic heterocycles. The SMILES string of the molecule is CCCNC(=O)CNC(=O)CSc1nc(CCC)cc(=O)[nH]1.